The number of hydrogen-bond donors (Lipinski definition) is 2. The molecule has 4 aliphatic rings. The predicted molar refractivity (Wildman–Crippen MR) is 181 cm³/mol. The van der Waals surface area contributed by atoms with Crippen LogP contribution in [0.4, 0.5) is 5.69 Å². The summed E-state index contributed by atoms with van der Waals surface area (Å²) < 4.78 is 41.6. The van der Waals surface area contributed by atoms with Crippen molar-refractivity contribution in [3.63, 3.8) is 0 Å². The normalized spacial score (nSPS) is 31.0. The number of aliphatic hydroxyl groups is 1. The maximum Gasteiger partial charge on any atom is 0.307 e. The zero-order valence-corrected chi connectivity index (χ0v) is 28.9. The first kappa shape index (κ1) is 33.8. The lowest BCUT2D eigenvalue weighted by Crippen LogP contribution is -2.49. The molecular weight excluding hydrogens is 640 g/mol. The average Bonchev–Trinajstić information content (AvgIpc) is 3.13. The second-order valence-electron chi connectivity index (χ2n) is 14.2. The van der Waals surface area contributed by atoms with E-state index in [2.05, 4.69) is 15.7 Å². The number of nitrogens with one attached hydrogen (secondary N) is 1. The number of halogens is 1. The Morgan fingerprint density at radius 2 is 2.02 bits per heavy atom. The van der Waals surface area contributed by atoms with Gasteiger partial charge in [-0.15, -0.1) is 0 Å². The highest BCUT2D eigenvalue weighted by molar-refractivity contribution is 7.90. The SMILES string of the molecule is CC(C)OC(=O)C[C@@H]1[C@H](C)C/C=C/[C@H](O)[C@@H]2CC[C@H]2CN2C[C@@]3(CCCc4cc(Cl)ccc43)COc3ccc(cc32)C(=O)NS1(=O)=O. The van der Waals surface area contributed by atoms with E-state index in [0.29, 0.717) is 36.9 Å². The molecule has 2 heterocycles. The molecular formula is C36H45ClN2O7S. The van der Waals surface area contributed by atoms with Gasteiger partial charge in [-0.2, -0.15) is 0 Å². The van der Waals surface area contributed by atoms with E-state index in [1.807, 2.05) is 12.1 Å². The minimum absolute atomic E-state index is 0.0440. The van der Waals surface area contributed by atoms with Crippen LogP contribution < -0.4 is 14.4 Å². The van der Waals surface area contributed by atoms with Crippen LogP contribution in [0.25, 0.3) is 0 Å². The number of carbonyl (C=O) groups excluding carboxylic acids is 2. The van der Waals surface area contributed by atoms with Gasteiger partial charge in [-0.05, 0) is 112 Å². The molecule has 1 fully saturated rings. The molecule has 2 N–H and O–H groups in total. The monoisotopic (exact) mass is 684 g/mol. The maximum absolute atomic E-state index is 13.7. The fourth-order valence-corrected chi connectivity index (χ4v) is 9.69. The van der Waals surface area contributed by atoms with E-state index in [9.17, 15) is 23.1 Å². The molecule has 0 radical (unpaired) electrons. The standard InChI is InChI=1S/C36H45ClN2O7S/c1-22(2)46-34(41)18-33-23(3)6-4-8-31(40)28-12-9-26(28)19-39-20-36(15-5-7-24-16-27(37)11-13-29(24)36)21-45-32-14-10-25(17-30(32)39)35(42)38-47(33,43)44/h4,8,10-11,13-14,16-17,22-23,26,28,31,33,40H,5-7,9,12,15,18-21H2,1-3H3,(H,38,42)/b8-4+/t23-,26+,28-,31+,33-,36+/m1/s1. The van der Waals surface area contributed by atoms with E-state index >= 15 is 0 Å². The molecule has 2 aromatic rings. The second-order valence-corrected chi connectivity index (χ2v) is 16.5. The third kappa shape index (κ3) is 7.06. The first-order valence-electron chi connectivity index (χ1n) is 16.8. The van der Waals surface area contributed by atoms with Gasteiger partial charge in [0.1, 0.15) is 5.75 Å². The molecule has 254 valence electrons. The van der Waals surface area contributed by atoms with Crippen LogP contribution in [0.5, 0.6) is 5.75 Å². The lowest BCUT2D eigenvalue weighted by Gasteiger charge is -2.45. The largest absolute Gasteiger partial charge is 0.490 e. The molecule has 0 aromatic heterocycles. The van der Waals surface area contributed by atoms with Crippen molar-refractivity contribution in [1.82, 2.24) is 4.72 Å². The van der Waals surface area contributed by atoms with Crippen molar-refractivity contribution >= 4 is 39.2 Å². The van der Waals surface area contributed by atoms with Gasteiger partial charge >= 0.3 is 5.97 Å². The molecule has 1 amide bonds. The van der Waals surface area contributed by atoms with Crippen LogP contribution in [0.15, 0.2) is 48.6 Å². The number of ether oxygens (including phenoxy) is 2. The fourth-order valence-electron chi connectivity index (χ4n) is 7.89. The van der Waals surface area contributed by atoms with E-state index in [-0.39, 0.29) is 22.8 Å². The lowest BCUT2D eigenvalue weighted by atomic mass is 9.68. The number of aliphatic hydroxyl groups excluding tert-OH is 1. The topological polar surface area (TPSA) is 122 Å². The van der Waals surface area contributed by atoms with E-state index in [4.69, 9.17) is 21.1 Å². The Balaban J connectivity index is 1.39. The first-order valence-corrected chi connectivity index (χ1v) is 18.7. The highest BCUT2D eigenvalue weighted by Gasteiger charge is 2.44. The Kier molecular flexibility index (Phi) is 9.67. The minimum atomic E-state index is -4.30. The molecule has 2 bridgehead atoms. The fraction of sp³-hybridized carbons (Fsp3) is 0.556. The Hall–Kier alpha value is -3.08. The highest BCUT2D eigenvalue weighted by Crippen LogP contribution is 2.46. The smallest absolute Gasteiger partial charge is 0.307 e. The lowest BCUT2D eigenvalue weighted by molar-refractivity contribution is -0.147. The Morgan fingerprint density at radius 3 is 2.77 bits per heavy atom. The van der Waals surface area contributed by atoms with Gasteiger partial charge in [0.15, 0.2) is 0 Å². The van der Waals surface area contributed by atoms with Crippen molar-refractivity contribution in [3.8, 4) is 5.75 Å². The van der Waals surface area contributed by atoms with E-state index in [1.165, 1.54) is 11.1 Å². The molecule has 11 heteroatoms. The number of rotatable bonds is 3. The zero-order chi connectivity index (χ0) is 33.5. The van der Waals surface area contributed by atoms with Gasteiger partial charge in [-0.1, -0.05) is 36.7 Å². The van der Waals surface area contributed by atoms with Crippen molar-refractivity contribution < 1.29 is 32.6 Å². The van der Waals surface area contributed by atoms with Crippen LogP contribution in [0.2, 0.25) is 5.02 Å². The van der Waals surface area contributed by atoms with Crippen LogP contribution in [0.1, 0.15) is 80.8 Å². The van der Waals surface area contributed by atoms with Gasteiger partial charge in [0, 0.05) is 29.1 Å². The van der Waals surface area contributed by atoms with Crippen molar-refractivity contribution in [2.24, 2.45) is 17.8 Å². The molecule has 6 rings (SSSR count). The third-order valence-electron chi connectivity index (χ3n) is 10.5. The van der Waals surface area contributed by atoms with Crippen molar-refractivity contribution in [2.75, 3.05) is 24.6 Å². The molecule has 2 aromatic carbocycles. The molecule has 9 nitrogen and oxygen atoms in total. The molecule has 2 aliphatic carbocycles. The summed E-state index contributed by atoms with van der Waals surface area (Å²) in [5.74, 6) is -1.06. The maximum atomic E-state index is 13.7. The number of sulfonamides is 1. The molecule has 2 aliphatic heterocycles. The van der Waals surface area contributed by atoms with Crippen LogP contribution in [0.3, 0.4) is 0 Å². The van der Waals surface area contributed by atoms with Crippen LogP contribution in [0, 0.1) is 17.8 Å². The summed E-state index contributed by atoms with van der Waals surface area (Å²) in [5, 5.41) is 10.8. The molecule has 0 saturated heterocycles. The summed E-state index contributed by atoms with van der Waals surface area (Å²) in [6, 6.07) is 11.1. The van der Waals surface area contributed by atoms with Gasteiger partial charge in [0.05, 0.1) is 36.2 Å². The Labute approximate surface area is 282 Å². The Bertz CT molecular complexity index is 1660. The van der Waals surface area contributed by atoms with Gasteiger partial charge in [-0.3, -0.25) is 9.59 Å². The van der Waals surface area contributed by atoms with Gasteiger partial charge < -0.3 is 19.5 Å². The van der Waals surface area contributed by atoms with Crippen LogP contribution >= 0.6 is 11.6 Å². The number of esters is 1. The number of nitrogens with zero attached hydrogens (tertiary/aromatic N) is 1. The van der Waals surface area contributed by atoms with Crippen LogP contribution in [-0.2, 0) is 31.4 Å². The third-order valence-corrected chi connectivity index (χ3v) is 12.6. The van der Waals surface area contributed by atoms with Crippen LogP contribution in [-0.4, -0.2) is 62.6 Å². The van der Waals surface area contributed by atoms with Gasteiger partial charge in [0.25, 0.3) is 5.91 Å². The van der Waals surface area contributed by atoms with E-state index in [0.717, 1.165) is 37.8 Å². The summed E-state index contributed by atoms with van der Waals surface area (Å²) in [7, 11) is -4.30. The second kappa shape index (κ2) is 13.4. The van der Waals surface area contributed by atoms with E-state index < -0.39 is 51.7 Å². The highest BCUT2D eigenvalue weighted by atomic mass is 35.5. The average molecular weight is 685 g/mol. The number of hydrogen-bond acceptors (Lipinski definition) is 8. The molecule has 1 saturated carbocycles. The minimum Gasteiger partial charge on any atom is -0.490 e. The van der Waals surface area contributed by atoms with Gasteiger partial charge in [-0.25, -0.2) is 13.1 Å². The number of fused-ring (bicyclic) bond motifs is 4. The summed E-state index contributed by atoms with van der Waals surface area (Å²) in [6.07, 6.45) is 7.09. The van der Waals surface area contributed by atoms with Crippen molar-refractivity contribution in [1.29, 1.82) is 0 Å². The number of amides is 1. The molecule has 0 unspecified atom stereocenters. The van der Waals surface area contributed by atoms with Crippen molar-refractivity contribution in [3.05, 3.63) is 70.3 Å². The van der Waals surface area contributed by atoms with E-state index in [1.54, 1.807) is 51.1 Å². The summed E-state index contributed by atoms with van der Waals surface area (Å²) in [6.45, 7) is 6.89. The number of anilines is 1. The molecule has 47 heavy (non-hydrogen) atoms. The summed E-state index contributed by atoms with van der Waals surface area (Å²) >= 11 is 6.40. The first-order chi connectivity index (χ1) is 22.3. The number of allylic oxidation sites excluding steroid dienone is 1. The summed E-state index contributed by atoms with van der Waals surface area (Å²) in [5.41, 5.74) is 3.04. The number of benzene rings is 2. The number of aryl methyl sites for hydroxylation is 1. The molecule has 6 atom stereocenters. The van der Waals surface area contributed by atoms with Gasteiger partial charge in [0.2, 0.25) is 10.0 Å². The quantitative estimate of drug-likeness (QED) is 0.318. The predicted octanol–water partition coefficient (Wildman–Crippen LogP) is 5.57. The Morgan fingerprint density at radius 1 is 1.21 bits per heavy atom. The number of carbonyl (C=O) groups is 2. The molecule has 1 spiro atoms. The van der Waals surface area contributed by atoms with Crippen molar-refractivity contribution in [2.45, 2.75) is 88.6 Å². The summed E-state index contributed by atoms with van der Waals surface area (Å²) in [4.78, 5) is 28.6. The zero-order valence-electron chi connectivity index (χ0n) is 27.3.